The van der Waals surface area contributed by atoms with Gasteiger partial charge in [-0.05, 0) is 37.6 Å². The van der Waals surface area contributed by atoms with Crippen LogP contribution in [0.25, 0.3) is 0 Å². The molecule has 0 saturated carbocycles. The van der Waals surface area contributed by atoms with Gasteiger partial charge in [0.1, 0.15) is 11.9 Å². The number of rotatable bonds is 5. The van der Waals surface area contributed by atoms with Crippen LogP contribution in [-0.2, 0) is 9.59 Å². The van der Waals surface area contributed by atoms with Gasteiger partial charge in [-0.15, -0.1) is 0 Å². The first-order chi connectivity index (χ1) is 9.06. The molecule has 1 N–H and O–H groups in total. The number of benzene rings is 1. The molecule has 1 amide bonds. The zero-order chi connectivity index (χ0) is 13.8. The second-order valence-electron chi connectivity index (χ2n) is 4.67. The number of carbonyl (C=O) groups excluding carboxylic acids is 1. The third-order valence-electron chi connectivity index (χ3n) is 3.02. The summed E-state index contributed by atoms with van der Waals surface area (Å²) >= 11 is 0. The summed E-state index contributed by atoms with van der Waals surface area (Å²) < 4.78 is 5.49. The lowest BCUT2D eigenvalue weighted by atomic mass is 10.2. The van der Waals surface area contributed by atoms with Crippen LogP contribution in [0.5, 0.6) is 5.75 Å². The monoisotopic (exact) mass is 263 g/mol. The molecule has 0 aliphatic carbocycles. The molecule has 1 aliphatic heterocycles. The van der Waals surface area contributed by atoms with Crippen LogP contribution < -0.4 is 9.64 Å². The Bertz CT molecular complexity index is 469. The molecule has 0 aromatic heterocycles. The molecule has 0 spiro atoms. The molecular weight excluding hydrogens is 246 g/mol. The number of aliphatic carboxylic acids is 1. The first-order valence-electron chi connectivity index (χ1n) is 6.35. The Hall–Kier alpha value is -2.04. The summed E-state index contributed by atoms with van der Waals surface area (Å²) in [5, 5.41) is 8.65. The van der Waals surface area contributed by atoms with Crippen LogP contribution in [0.15, 0.2) is 24.3 Å². The second kappa shape index (κ2) is 5.73. The van der Waals surface area contributed by atoms with E-state index in [-0.39, 0.29) is 18.4 Å². The molecule has 1 heterocycles. The lowest BCUT2D eigenvalue weighted by molar-refractivity contribution is -0.138. The molecular formula is C14H17NO4. The highest BCUT2D eigenvalue weighted by Gasteiger charge is 2.21. The summed E-state index contributed by atoms with van der Waals surface area (Å²) in [5.74, 6) is -0.121. The van der Waals surface area contributed by atoms with Crippen molar-refractivity contribution in [2.75, 3.05) is 11.4 Å². The topological polar surface area (TPSA) is 66.8 Å². The van der Waals surface area contributed by atoms with Gasteiger partial charge in [-0.25, -0.2) is 0 Å². The number of carbonyl (C=O) groups is 2. The van der Waals surface area contributed by atoms with E-state index in [4.69, 9.17) is 9.84 Å². The minimum absolute atomic E-state index is 0.0354. The first kappa shape index (κ1) is 13.4. The molecule has 1 fully saturated rings. The number of hydrogen-bond donors (Lipinski definition) is 1. The number of carboxylic acids is 1. The molecule has 5 nitrogen and oxygen atoms in total. The predicted molar refractivity (Wildman–Crippen MR) is 70.4 cm³/mol. The van der Waals surface area contributed by atoms with Crippen LogP contribution in [0.3, 0.4) is 0 Å². The van der Waals surface area contributed by atoms with Gasteiger partial charge in [-0.3, -0.25) is 9.59 Å². The molecule has 1 aliphatic rings. The zero-order valence-corrected chi connectivity index (χ0v) is 10.8. The highest BCUT2D eigenvalue weighted by molar-refractivity contribution is 5.95. The van der Waals surface area contributed by atoms with Crippen LogP contribution in [0.2, 0.25) is 0 Å². The van der Waals surface area contributed by atoms with E-state index < -0.39 is 5.97 Å². The van der Waals surface area contributed by atoms with Crippen molar-refractivity contribution in [1.82, 2.24) is 0 Å². The van der Waals surface area contributed by atoms with E-state index in [1.807, 2.05) is 12.1 Å². The van der Waals surface area contributed by atoms with Gasteiger partial charge in [0, 0.05) is 18.7 Å². The number of nitrogens with zero attached hydrogens (tertiary/aromatic N) is 1. The maximum absolute atomic E-state index is 11.6. The maximum atomic E-state index is 11.6. The Kier molecular flexibility index (Phi) is 4.04. The number of anilines is 1. The molecule has 1 saturated heterocycles. The van der Waals surface area contributed by atoms with E-state index in [1.54, 1.807) is 24.0 Å². The maximum Gasteiger partial charge on any atom is 0.307 e. The standard InChI is InChI=1S/C14H17NO4/c1-10(9-14(17)18)19-12-6-4-11(5-7-12)15-8-2-3-13(15)16/h4-7,10H,2-3,8-9H2,1H3,(H,17,18)/t10-/m0/s1. The lowest BCUT2D eigenvalue weighted by Crippen LogP contribution is -2.23. The van der Waals surface area contributed by atoms with Crippen LogP contribution in [0.4, 0.5) is 5.69 Å². The Labute approximate surface area is 111 Å². The molecule has 1 atom stereocenters. The van der Waals surface area contributed by atoms with Gasteiger partial charge in [0.25, 0.3) is 0 Å². The van der Waals surface area contributed by atoms with Gasteiger partial charge in [-0.2, -0.15) is 0 Å². The Morgan fingerprint density at radius 1 is 1.42 bits per heavy atom. The van der Waals surface area contributed by atoms with Crippen LogP contribution >= 0.6 is 0 Å². The summed E-state index contributed by atoms with van der Waals surface area (Å²) in [4.78, 5) is 23.9. The third kappa shape index (κ3) is 3.47. The van der Waals surface area contributed by atoms with E-state index in [0.717, 1.165) is 18.7 Å². The van der Waals surface area contributed by atoms with Crippen molar-refractivity contribution in [3.8, 4) is 5.75 Å². The van der Waals surface area contributed by atoms with E-state index in [1.165, 1.54) is 0 Å². The van der Waals surface area contributed by atoms with Crippen molar-refractivity contribution < 1.29 is 19.4 Å². The van der Waals surface area contributed by atoms with Gasteiger partial charge in [-0.1, -0.05) is 0 Å². The SMILES string of the molecule is C[C@@H](CC(=O)O)Oc1ccc(N2CCCC2=O)cc1. The minimum Gasteiger partial charge on any atom is -0.490 e. The highest BCUT2D eigenvalue weighted by atomic mass is 16.5. The normalized spacial score (nSPS) is 16.5. The Morgan fingerprint density at radius 3 is 2.63 bits per heavy atom. The molecule has 102 valence electrons. The number of amides is 1. The molecule has 1 aromatic carbocycles. The number of ether oxygens (including phenoxy) is 1. The number of hydrogen-bond acceptors (Lipinski definition) is 3. The third-order valence-corrected chi connectivity index (χ3v) is 3.02. The summed E-state index contributed by atoms with van der Waals surface area (Å²) in [6.45, 7) is 2.47. The minimum atomic E-state index is -0.883. The molecule has 2 rings (SSSR count). The molecule has 0 bridgehead atoms. The summed E-state index contributed by atoms with van der Waals surface area (Å²) in [5.41, 5.74) is 0.862. The first-order valence-corrected chi connectivity index (χ1v) is 6.35. The summed E-state index contributed by atoms with van der Waals surface area (Å²) in [7, 11) is 0. The molecule has 1 aromatic rings. The van der Waals surface area contributed by atoms with Gasteiger partial charge < -0.3 is 14.7 Å². The summed E-state index contributed by atoms with van der Waals surface area (Å²) in [6.07, 6.45) is 1.09. The number of carboxylic acid groups (broad SMARTS) is 1. The van der Waals surface area contributed by atoms with E-state index in [9.17, 15) is 9.59 Å². The van der Waals surface area contributed by atoms with Gasteiger partial charge in [0.2, 0.25) is 5.91 Å². The highest BCUT2D eigenvalue weighted by Crippen LogP contribution is 2.24. The van der Waals surface area contributed by atoms with Gasteiger partial charge >= 0.3 is 5.97 Å². The molecule has 5 heteroatoms. The van der Waals surface area contributed by atoms with Crippen molar-refractivity contribution in [2.45, 2.75) is 32.3 Å². The van der Waals surface area contributed by atoms with E-state index in [0.29, 0.717) is 12.2 Å². The largest absolute Gasteiger partial charge is 0.490 e. The van der Waals surface area contributed by atoms with Crippen molar-refractivity contribution >= 4 is 17.6 Å². The average molecular weight is 263 g/mol. The van der Waals surface area contributed by atoms with E-state index >= 15 is 0 Å². The predicted octanol–water partition coefficient (Wildman–Crippen LogP) is 2.06. The molecule has 0 unspecified atom stereocenters. The van der Waals surface area contributed by atoms with Crippen LogP contribution in [0, 0.1) is 0 Å². The quantitative estimate of drug-likeness (QED) is 0.883. The summed E-state index contributed by atoms with van der Waals surface area (Å²) in [6, 6.07) is 7.18. The fourth-order valence-electron chi connectivity index (χ4n) is 2.15. The molecule has 19 heavy (non-hydrogen) atoms. The smallest absolute Gasteiger partial charge is 0.307 e. The Morgan fingerprint density at radius 2 is 2.11 bits per heavy atom. The van der Waals surface area contributed by atoms with Crippen LogP contribution in [0.1, 0.15) is 26.2 Å². The zero-order valence-electron chi connectivity index (χ0n) is 10.8. The van der Waals surface area contributed by atoms with Crippen molar-refractivity contribution in [2.24, 2.45) is 0 Å². The van der Waals surface area contributed by atoms with E-state index in [2.05, 4.69) is 0 Å². The van der Waals surface area contributed by atoms with Crippen molar-refractivity contribution in [3.63, 3.8) is 0 Å². The van der Waals surface area contributed by atoms with Gasteiger partial charge in [0.05, 0.1) is 6.42 Å². The van der Waals surface area contributed by atoms with Gasteiger partial charge in [0.15, 0.2) is 0 Å². The van der Waals surface area contributed by atoms with Crippen molar-refractivity contribution in [3.05, 3.63) is 24.3 Å². The molecule has 0 radical (unpaired) electrons. The fraction of sp³-hybridized carbons (Fsp3) is 0.429. The lowest BCUT2D eigenvalue weighted by Gasteiger charge is -2.17. The van der Waals surface area contributed by atoms with Crippen molar-refractivity contribution in [1.29, 1.82) is 0 Å². The fourth-order valence-corrected chi connectivity index (χ4v) is 2.15. The second-order valence-corrected chi connectivity index (χ2v) is 4.67. The Balaban J connectivity index is 1.98. The average Bonchev–Trinajstić information content (AvgIpc) is 2.75. The van der Waals surface area contributed by atoms with Crippen LogP contribution in [-0.4, -0.2) is 29.6 Å².